The summed E-state index contributed by atoms with van der Waals surface area (Å²) in [5.74, 6) is -0.997. The van der Waals surface area contributed by atoms with Gasteiger partial charge in [0.05, 0.1) is 25.7 Å². The van der Waals surface area contributed by atoms with Crippen molar-refractivity contribution in [1.29, 1.82) is 0 Å². The Balaban J connectivity index is 2.34. The first-order valence-corrected chi connectivity index (χ1v) is 10.0. The second kappa shape index (κ2) is 8.93. The summed E-state index contributed by atoms with van der Waals surface area (Å²) in [5, 5.41) is 10.7. The van der Waals surface area contributed by atoms with Crippen LogP contribution in [0.2, 0.25) is 5.02 Å². The van der Waals surface area contributed by atoms with Crippen LogP contribution in [0.3, 0.4) is 0 Å². The van der Waals surface area contributed by atoms with E-state index in [2.05, 4.69) is 9.71 Å². The predicted molar refractivity (Wildman–Crippen MR) is 106 cm³/mol. The summed E-state index contributed by atoms with van der Waals surface area (Å²) in [6.45, 7) is 7.28. The van der Waals surface area contributed by atoms with Gasteiger partial charge in [-0.3, -0.25) is 10.1 Å². The fourth-order valence-corrected chi connectivity index (χ4v) is 3.32. The quantitative estimate of drug-likeness (QED) is 0.489. The third kappa shape index (κ3) is 5.24. The lowest BCUT2D eigenvalue weighted by Crippen LogP contribution is -2.35. The number of aromatic nitrogens is 1. The molecule has 152 valence electrons. The van der Waals surface area contributed by atoms with Crippen molar-refractivity contribution in [2.45, 2.75) is 44.9 Å². The van der Waals surface area contributed by atoms with Crippen molar-refractivity contribution in [3.8, 4) is 11.6 Å². The molecule has 7 nitrogen and oxygen atoms in total. The lowest BCUT2D eigenvalue weighted by atomic mass is 10.0. The van der Waals surface area contributed by atoms with Gasteiger partial charge < -0.3 is 4.74 Å². The van der Waals surface area contributed by atoms with E-state index >= 15 is 4.39 Å². The van der Waals surface area contributed by atoms with Gasteiger partial charge in [-0.25, -0.2) is 18.3 Å². The number of halogens is 2. The van der Waals surface area contributed by atoms with E-state index in [1.54, 1.807) is 0 Å². The molecule has 2 aromatic rings. The fraction of sp³-hybridized carbons (Fsp3) is 0.389. The largest absolute Gasteiger partial charge is 0.434 e. The Morgan fingerprint density at radius 2 is 2.04 bits per heavy atom. The van der Waals surface area contributed by atoms with Gasteiger partial charge in [-0.15, -0.1) is 0 Å². The van der Waals surface area contributed by atoms with E-state index in [0.29, 0.717) is 6.42 Å². The maximum atomic E-state index is 15.1. The highest BCUT2D eigenvalue weighted by Gasteiger charge is 2.26. The highest BCUT2D eigenvalue weighted by atomic mass is 35.5. The molecule has 1 aromatic heterocycles. The molecule has 28 heavy (non-hydrogen) atoms. The second-order valence-electron chi connectivity index (χ2n) is 6.95. The van der Waals surface area contributed by atoms with Crippen LogP contribution in [0.1, 0.15) is 45.7 Å². The van der Waals surface area contributed by atoms with Crippen molar-refractivity contribution in [2.75, 3.05) is 0 Å². The zero-order chi connectivity index (χ0) is 21.1. The molecule has 2 rings (SSSR count). The number of hydrogen-bond donors (Lipinski definition) is 1. The number of rotatable bonds is 7. The lowest BCUT2D eigenvalue weighted by molar-refractivity contribution is -0.385. The Morgan fingerprint density at radius 3 is 2.54 bits per heavy atom. The number of benzene rings is 1. The number of pyridine rings is 1. The van der Waals surface area contributed by atoms with Crippen molar-refractivity contribution in [1.82, 2.24) is 9.71 Å². The first-order chi connectivity index (χ1) is 13.0. The highest BCUT2D eigenvalue weighted by Crippen LogP contribution is 2.36. The van der Waals surface area contributed by atoms with Gasteiger partial charge >= 0.3 is 0 Å². The van der Waals surface area contributed by atoms with Crippen LogP contribution in [0, 0.1) is 15.9 Å². The first kappa shape index (κ1) is 22.2. The van der Waals surface area contributed by atoms with Crippen molar-refractivity contribution in [3.63, 3.8) is 0 Å². The molecule has 0 saturated heterocycles. The molecule has 0 aliphatic carbocycles. The van der Waals surface area contributed by atoms with Gasteiger partial charge in [0.1, 0.15) is 6.20 Å². The molecule has 1 N–H and O–H groups in total. The maximum Gasteiger partial charge on any atom is 0.287 e. The Bertz CT molecular complexity index is 888. The topological polar surface area (TPSA) is 94.4 Å². The number of nitro groups is 1. The summed E-state index contributed by atoms with van der Waals surface area (Å²) in [6, 6.07) is 4.91. The van der Waals surface area contributed by atoms with Crippen LogP contribution < -0.4 is 9.46 Å². The summed E-state index contributed by atoms with van der Waals surface area (Å²) in [4.78, 5) is 13.9. The number of nitrogens with one attached hydrogen (secondary N) is 1. The lowest BCUT2D eigenvalue weighted by Gasteiger charge is -2.24. The first-order valence-electron chi connectivity index (χ1n) is 8.48. The summed E-state index contributed by atoms with van der Waals surface area (Å²) >= 11 is 6.08. The predicted octanol–water partition coefficient (Wildman–Crippen LogP) is 5.08. The molecular weight excluding hydrogens is 409 g/mol. The fourth-order valence-electron chi connectivity index (χ4n) is 2.23. The number of hydrogen-bond acceptors (Lipinski definition) is 5. The molecule has 2 atom stereocenters. The normalized spacial score (nSPS) is 13.8. The summed E-state index contributed by atoms with van der Waals surface area (Å²) < 4.78 is 35.4. The monoisotopic (exact) mass is 429 g/mol. The molecule has 10 heteroatoms. The Labute approximate surface area is 170 Å². The van der Waals surface area contributed by atoms with Crippen molar-refractivity contribution in [2.24, 2.45) is 0 Å². The third-order valence-electron chi connectivity index (χ3n) is 3.81. The van der Waals surface area contributed by atoms with Crippen molar-refractivity contribution in [3.05, 3.63) is 57.0 Å². The van der Waals surface area contributed by atoms with Crippen LogP contribution >= 0.6 is 11.6 Å². The minimum atomic E-state index is -1.40. The molecule has 0 amide bonds. The van der Waals surface area contributed by atoms with E-state index in [9.17, 15) is 14.3 Å². The van der Waals surface area contributed by atoms with Crippen LogP contribution in [0.15, 0.2) is 30.5 Å². The van der Waals surface area contributed by atoms with Gasteiger partial charge in [0, 0.05) is 23.7 Å². The number of ether oxygens (including phenoxy) is 1. The Hall–Kier alpha value is -2.10. The summed E-state index contributed by atoms with van der Waals surface area (Å²) in [7, 11) is -1.40. The minimum absolute atomic E-state index is 0.0215. The SMILES string of the molecule is CC[C@@H](N[S@](=O)C(C)(C)C)c1ccc(Cl)c(Oc2ccc([N+](=O)[O-])cn2)c1F. The van der Waals surface area contributed by atoms with Crippen LogP contribution in [-0.4, -0.2) is 18.9 Å². The molecule has 1 aromatic carbocycles. The molecule has 1 heterocycles. The molecule has 0 aliphatic rings. The molecular formula is C18H21ClFN3O4S. The van der Waals surface area contributed by atoms with E-state index in [0.717, 1.165) is 6.20 Å². The molecule has 0 aliphatic heterocycles. The summed E-state index contributed by atoms with van der Waals surface area (Å²) in [6.07, 6.45) is 1.49. The highest BCUT2D eigenvalue weighted by molar-refractivity contribution is 7.84. The number of nitrogens with zero attached hydrogens (tertiary/aromatic N) is 2. The van der Waals surface area contributed by atoms with Gasteiger partial charge in [-0.1, -0.05) is 24.6 Å². The molecule has 0 radical (unpaired) electrons. The van der Waals surface area contributed by atoms with E-state index in [1.165, 1.54) is 24.3 Å². The maximum absolute atomic E-state index is 15.1. The molecule has 0 fully saturated rings. The Kier molecular flexibility index (Phi) is 7.08. The average Bonchev–Trinajstić information content (AvgIpc) is 2.63. The zero-order valence-corrected chi connectivity index (χ0v) is 17.4. The van der Waals surface area contributed by atoms with E-state index in [4.69, 9.17) is 16.3 Å². The van der Waals surface area contributed by atoms with Gasteiger partial charge in [0.15, 0.2) is 11.6 Å². The van der Waals surface area contributed by atoms with Crippen LogP contribution in [0.5, 0.6) is 11.6 Å². The van der Waals surface area contributed by atoms with Crippen LogP contribution in [0.4, 0.5) is 10.1 Å². The van der Waals surface area contributed by atoms with Gasteiger partial charge in [-0.2, -0.15) is 0 Å². The van der Waals surface area contributed by atoms with E-state index in [-0.39, 0.29) is 27.9 Å². The van der Waals surface area contributed by atoms with Gasteiger partial charge in [-0.05, 0) is 33.3 Å². The standard InChI is InChI=1S/C18H21ClFN3O4S/c1-5-14(22-28(26)18(2,3)4)12-7-8-13(19)17(16(12)20)27-15-9-6-11(10-21-15)23(24)25/h6-10,14,22H,5H2,1-4H3/t14-,28-/m1/s1. The van der Waals surface area contributed by atoms with Crippen molar-refractivity contribution >= 4 is 28.3 Å². The third-order valence-corrected chi connectivity index (χ3v) is 5.71. The molecule has 0 spiro atoms. The van der Waals surface area contributed by atoms with Gasteiger partial charge in [0.2, 0.25) is 5.88 Å². The minimum Gasteiger partial charge on any atom is -0.434 e. The second-order valence-corrected chi connectivity index (χ2v) is 9.36. The Morgan fingerprint density at radius 1 is 1.36 bits per heavy atom. The van der Waals surface area contributed by atoms with Crippen molar-refractivity contribution < 1.29 is 18.3 Å². The average molecular weight is 430 g/mol. The van der Waals surface area contributed by atoms with Crippen LogP contribution in [-0.2, 0) is 11.0 Å². The van der Waals surface area contributed by atoms with E-state index in [1.807, 2.05) is 27.7 Å². The molecule has 0 saturated carbocycles. The summed E-state index contributed by atoms with van der Waals surface area (Å²) in [5.41, 5.74) is 0.0361. The van der Waals surface area contributed by atoms with Gasteiger partial charge in [0.25, 0.3) is 5.69 Å². The van der Waals surface area contributed by atoms with Crippen LogP contribution in [0.25, 0.3) is 0 Å². The zero-order valence-electron chi connectivity index (χ0n) is 15.9. The van der Waals surface area contributed by atoms with E-state index < -0.39 is 32.5 Å². The smallest absolute Gasteiger partial charge is 0.287 e. The molecule has 0 unspecified atom stereocenters. The molecule has 0 bridgehead atoms.